The number of nitrogens with one attached hydrogen (secondary N) is 1. The van der Waals surface area contributed by atoms with Crippen molar-refractivity contribution in [1.29, 1.82) is 0 Å². The molecule has 84 valence electrons. The number of alkyl halides is 3. The number of anilines is 2. The van der Waals surface area contributed by atoms with E-state index in [2.05, 4.69) is 0 Å². The second kappa shape index (κ2) is 4.42. The zero-order chi connectivity index (χ0) is 11.6. The van der Waals surface area contributed by atoms with Crippen LogP contribution in [0.4, 0.5) is 28.9 Å². The SMILES string of the molecule is Nc1cc(I)c(F)cc1NCC(F)(F)F. The first kappa shape index (κ1) is 12.3. The maximum atomic E-state index is 13.0. The van der Waals surface area contributed by atoms with Crippen molar-refractivity contribution in [3.05, 3.63) is 21.5 Å². The fourth-order valence-electron chi connectivity index (χ4n) is 0.911. The van der Waals surface area contributed by atoms with Crippen LogP contribution in [0.2, 0.25) is 0 Å². The molecule has 0 atom stereocenters. The Balaban J connectivity index is 2.82. The lowest BCUT2D eigenvalue weighted by Gasteiger charge is -2.12. The van der Waals surface area contributed by atoms with Gasteiger partial charge in [0.05, 0.1) is 14.9 Å². The average Bonchev–Trinajstić information content (AvgIpc) is 2.07. The molecule has 0 aliphatic rings. The molecule has 2 nitrogen and oxygen atoms in total. The Kier molecular flexibility index (Phi) is 3.63. The van der Waals surface area contributed by atoms with Crippen molar-refractivity contribution >= 4 is 34.0 Å². The van der Waals surface area contributed by atoms with Crippen molar-refractivity contribution in [2.75, 3.05) is 17.6 Å². The smallest absolute Gasteiger partial charge is 0.397 e. The summed E-state index contributed by atoms with van der Waals surface area (Å²) < 4.78 is 48.8. The molecule has 0 radical (unpaired) electrons. The number of hydrogen-bond donors (Lipinski definition) is 2. The first-order valence-electron chi connectivity index (χ1n) is 3.85. The monoisotopic (exact) mass is 334 g/mol. The second-order valence-electron chi connectivity index (χ2n) is 2.82. The van der Waals surface area contributed by atoms with Gasteiger partial charge in [0, 0.05) is 6.07 Å². The summed E-state index contributed by atoms with van der Waals surface area (Å²) in [5.41, 5.74) is 5.46. The van der Waals surface area contributed by atoms with E-state index in [1.807, 2.05) is 5.32 Å². The summed E-state index contributed by atoms with van der Waals surface area (Å²) in [6.45, 7) is -1.24. The molecule has 0 fully saturated rings. The summed E-state index contributed by atoms with van der Waals surface area (Å²) in [7, 11) is 0. The van der Waals surface area contributed by atoms with Crippen LogP contribution in [-0.2, 0) is 0 Å². The molecule has 1 aromatic carbocycles. The predicted octanol–water partition coefficient (Wildman–Crippen LogP) is 2.99. The van der Waals surface area contributed by atoms with E-state index in [-0.39, 0.29) is 14.9 Å². The number of nitrogen functional groups attached to an aromatic ring is 1. The Morgan fingerprint density at radius 2 is 1.93 bits per heavy atom. The van der Waals surface area contributed by atoms with Crippen LogP contribution in [0.1, 0.15) is 0 Å². The first-order chi connectivity index (χ1) is 6.79. The Bertz CT molecular complexity index is 364. The van der Waals surface area contributed by atoms with E-state index in [1.54, 1.807) is 22.6 Å². The summed E-state index contributed by atoms with van der Waals surface area (Å²) in [4.78, 5) is 0. The van der Waals surface area contributed by atoms with E-state index >= 15 is 0 Å². The van der Waals surface area contributed by atoms with Gasteiger partial charge in [-0.3, -0.25) is 0 Å². The summed E-state index contributed by atoms with van der Waals surface area (Å²) in [6.07, 6.45) is -4.36. The lowest BCUT2D eigenvalue weighted by atomic mass is 10.2. The minimum absolute atomic E-state index is 0.0507. The van der Waals surface area contributed by atoms with E-state index in [4.69, 9.17) is 5.73 Å². The van der Waals surface area contributed by atoms with Gasteiger partial charge in [0.15, 0.2) is 0 Å². The molecule has 15 heavy (non-hydrogen) atoms. The highest BCUT2D eigenvalue weighted by atomic mass is 127. The molecule has 0 spiro atoms. The van der Waals surface area contributed by atoms with Gasteiger partial charge in [-0.05, 0) is 28.7 Å². The van der Waals surface area contributed by atoms with Crippen molar-refractivity contribution < 1.29 is 17.6 Å². The minimum atomic E-state index is -4.36. The maximum Gasteiger partial charge on any atom is 0.405 e. The van der Waals surface area contributed by atoms with E-state index in [9.17, 15) is 17.6 Å². The third-order valence-corrected chi connectivity index (χ3v) is 2.40. The van der Waals surface area contributed by atoms with Gasteiger partial charge in [0.2, 0.25) is 0 Å². The molecule has 0 bridgehead atoms. The zero-order valence-electron chi connectivity index (χ0n) is 7.33. The number of benzene rings is 1. The molecule has 0 heterocycles. The van der Waals surface area contributed by atoms with Crippen LogP contribution in [0.3, 0.4) is 0 Å². The van der Waals surface area contributed by atoms with Gasteiger partial charge in [-0.15, -0.1) is 0 Å². The highest BCUT2D eigenvalue weighted by Gasteiger charge is 2.27. The number of nitrogens with two attached hydrogens (primary N) is 1. The minimum Gasteiger partial charge on any atom is -0.397 e. The van der Waals surface area contributed by atoms with Crippen molar-refractivity contribution in [1.82, 2.24) is 0 Å². The number of halogens is 5. The number of hydrogen-bond acceptors (Lipinski definition) is 2. The number of rotatable bonds is 2. The highest BCUT2D eigenvalue weighted by molar-refractivity contribution is 14.1. The Labute approximate surface area is 97.0 Å². The van der Waals surface area contributed by atoms with Crippen LogP contribution in [-0.4, -0.2) is 12.7 Å². The van der Waals surface area contributed by atoms with E-state index in [0.29, 0.717) is 0 Å². The van der Waals surface area contributed by atoms with E-state index < -0.39 is 18.5 Å². The second-order valence-corrected chi connectivity index (χ2v) is 3.98. The van der Waals surface area contributed by atoms with Crippen molar-refractivity contribution in [2.45, 2.75) is 6.18 Å². The lowest BCUT2D eigenvalue weighted by molar-refractivity contribution is -0.115. The standard InChI is InChI=1S/C8H7F4IN2/c9-4-1-7(6(14)2-5(4)13)15-3-8(10,11)12/h1-2,15H,3,14H2. The molecule has 7 heteroatoms. The van der Waals surface area contributed by atoms with Crippen LogP contribution in [0.15, 0.2) is 12.1 Å². The topological polar surface area (TPSA) is 38.0 Å². The van der Waals surface area contributed by atoms with E-state index in [1.165, 1.54) is 6.07 Å². The molecule has 1 aromatic rings. The van der Waals surface area contributed by atoms with Crippen LogP contribution < -0.4 is 11.1 Å². The molecule has 1 rings (SSSR count). The maximum absolute atomic E-state index is 13.0. The van der Waals surface area contributed by atoms with Gasteiger partial charge in [-0.2, -0.15) is 13.2 Å². The average molecular weight is 334 g/mol. The molecular formula is C8H7F4IN2. The molecule has 0 amide bonds. The molecular weight excluding hydrogens is 327 g/mol. The summed E-state index contributed by atoms with van der Waals surface area (Å²) in [5.74, 6) is -0.602. The van der Waals surface area contributed by atoms with Crippen LogP contribution in [0.25, 0.3) is 0 Å². The van der Waals surface area contributed by atoms with Gasteiger partial charge >= 0.3 is 6.18 Å². The summed E-state index contributed by atoms with van der Waals surface area (Å²) in [6, 6.07) is 2.22. The largest absolute Gasteiger partial charge is 0.405 e. The highest BCUT2D eigenvalue weighted by Crippen LogP contribution is 2.25. The van der Waals surface area contributed by atoms with Crippen molar-refractivity contribution in [3.63, 3.8) is 0 Å². The summed E-state index contributed by atoms with van der Waals surface area (Å²) >= 11 is 1.71. The predicted molar refractivity (Wildman–Crippen MR) is 58.1 cm³/mol. The van der Waals surface area contributed by atoms with Gasteiger partial charge in [0.1, 0.15) is 12.4 Å². The van der Waals surface area contributed by atoms with Crippen molar-refractivity contribution in [2.24, 2.45) is 0 Å². The third-order valence-electron chi connectivity index (χ3n) is 1.57. The van der Waals surface area contributed by atoms with Crippen LogP contribution in [0, 0.1) is 9.39 Å². The lowest BCUT2D eigenvalue weighted by Crippen LogP contribution is -2.21. The van der Waals surface area contributed by atoms with Crippen molar-refractivity contribution in [3.8, 4) is 0 Å². The van der Waals surface area contributed by atoms with Gasteiger partial charge < -0.3 is 11.1 Å². The Morgan fingerprint density at radius 3 is 2.47 bits per heavy atom. The fourth-order valence-corrected chi connectivity index (χ4v) is 1.40. The van der Waals surface area contributed by atoms with Gasteiger partial charge in [-0.1, -0.05) is 0 Å². The normalized spacial score (nSPS) is 11.5. The van der Waals surface area contributed by atoms with Crippen LogP contribution in [0.5, 0.6) is 0 Å². The zero-order valence-corrected chi connectivity index (χ0v) is 9.49. The Morgan fingerprint density at radius 1 is 1.33 bits per heavy atom. The Hall–Kier alpha value is -0.730. The summed E-state index contributed by atoms with van der Waals surface area (Å²) in [5, 5.41) is 2.03. The van der Waals surface area contributed by atoms with Gasteiger partial charge in [-0.25, -0.2) is 4.39 Å². The van der Waals surface area contributed by atoms with Gasteiger partial charge in [0.25, 0.3) is 0 Å². The molecule has 0 unspecified atom stereocenters. The molecule has 0 aromatic heterocycles. The van der Waals surface area contributed by atoms with Crippen LogP contribution >= 0.6 is 22.6 Å². The van der Waals surface area contributed by atoms with E-state index in [0.717, 1.165) is 6.07 Å². The first-order valence-corrected chi connectivity index (χ1v) is 4.92. The third kappa shape index (κ3) is 3.73. The fraction of sp³-hybridized carbons (Fsp3) is 0.250. The molecule has 0 saturated heterocycles. The molecule has 3 N–H and O–H groups in total. The molecule has 0 aliphatic heterocycles. The molecule has 0 saturated carbocycles. The quantitative estimate of drug-likeness (QED) is 0.496. The molecule has 0 aliphatic carbocycles.